The summed E-state index contributed by atoms with van der Waals surface area (Å²) in [4.78, 5) is 0. The molecular formula is C96H90N4O4. The van der Waals surface area contributed by atoms with Crippen LogP contribution in [0.1, 0.15) is 151 Å². The van der Waals surface area contributed by atoms with E-state index in [1.807, 2.05) is 121 Å². The molecule has 0 aliphatic carbocycles. The van der Waals surface area contributed by atoms with E-state index in [0.717, 1.165) is 174 Å². The molecule has 0 unspecified atom stereocenters. The van der Waals surface area contributed by atoms with Crippen LogP contribution in [-0.4, -0.2) is 26.4 Å². The lowest BCUT2D eigenvalue weighted by atomic mass is 9.89. The molecule has 0 amide bonds. The minimum atomic E-state index is 0.615. The molecule has 518 valence electrons. The predicted octanol–water partition coefficient (Wildman–Crippen LogP) is 25.9. The Morgan fingerprint density at radius 3 is 0.644 bits per heavy atom. The van der Waals surface area contributed by atoms with Gasteiger partial charge in [-0.2, -0.15) is 21.0 Å². The van der Waals surface area contributed by atoms with Crippen LogP contribution >= 0.6 is 0 Å². The number of fused-ring (bicyclic) bond motifs is 2. The first kappa shape index (κ1) is 72.1. The third-order valence-electron chi connectivity index (χ3n) is 19.9. The van der Waals surface area contributed by atoms with E-state index in [-0.39, 0.29) is 0 Å². The Bertz CT molecular complexity index is 4590. The number of benzene rings is 12. The number of nitrogens with zero attached hydrogens (tertiary/aromatic N) is 4. The van der Waals surface area contributed by atoms with Gasteiger partial charge >= 0.3 is 0 Å². The second-order valence-corrected chi connectivity index (χ2v) is 27.2. The molecule has 0 spiro atoms. The Hall–Kier alpha value is -11.7. The standard InChI is InChI=1S/C96H90N4O4/c97-67-71-21-29-75(30-22-71)79-37-41-83(42-38-79)85-49-57-91-87(65-85)51-59-93(103-63-19-15-11-7-3-1-5-9-13-17-61-101-89-53-45-81(46-54-89)77-33-25-73(69-99)26-34-77)95(91)96-92-58-50-86(84-43-39-80(40-44-84)76-31-23-72(68-98)24-32-76)66-88(92)52-60-94(96)104-64-20-16-12-8-4-2-6-10-14-18-62-102-90-55-47-82(48-56-90)78-35-27-74(70-100)28-36-78/h21-60,65-66H,1-20,61-64H2. The molecule has 0 aliphatic rings. The lowest BCUT2D eigenvalue weighted by molar-refractivity contribution is 0.301. The summed E-state index contributed by atoms with van der Waals surface area (Å²) in [6, 6.07) is 96.0. The molecule has 0 saturated carbocycles. The number of hydrogen-bond donors (Lipinski definition) is 0. The maximum absolute atomic E-state index is 9.42. The number of ether oxygens (including phenoxy) is 4. The molecule has 0 saturated heterocycles. The van der Waals surface area contributed by atoms with Gasteiger partial charge in [0, 0.05) is 11.1 Å². The summed E-state index contributed by atoms with van der Waals surface area (Å²) in [5.41, 5.74) is 18.0. The monoisotopic (exact) mass is 1360 g/mol. The first-order chi connectivity index (χ1) is 51.4. The molecule has 0 atom stereocenters. The van der Waals surface area contributed by atoms with Gasteiger partial charge in [0.15, 0.2) is 0 Å². The van der Waals surface area contributed by atoms with Gasteiger partial charge in [0.2, 0.25) is 0 Å². The SMILES string of the molecule is N#Cc1ccc(-c2ccc(OCCCCCCCCCCCCOc3ccc4cc(-c5ccc(-c6ccc(C#N)cc6)cc5)ccc4c3-c3c(OCCCCCCCCCCCCOc4ccc(-c5ccc(C#N)cc5)cc4)ccc4cc(-c5ccc(-c6ccc(C#N)cc6)cc5)ccc34)cc2)cc1. The van der Waals surface area contributed by atoms with Crippen molar-refractivity contribution in [2.24, 2.45) is 0 Å². The largest absolute Gasteiger partial charge is 0.494 e. The van der Waals surface area contributed by atoms with Crippen molar-refractivity contribution in [2.45, 2.75) is 128 Å². The van der Waals surface area contributed by atoms with E-state index < -0.39 is 0 Å². The Kier molecular flexibility index (Phi) is 26.2. The van der Waals surface area contributed by atoms with Crippen LogP contribution in [0.15, 0.2) is 255 Å². The zero-order valence-electron chi connectivity index (χ0n) is 59.6. The van der Waals surface area contributed by atoms with Crippen LogP contribution in [0.5, 0.6) is 23.0 Å². The zero-order valence-corrected chi connectivity index (χ0v) is 59.6. The minimum absolute atomic E-state index is 0.615. The molecular weight excluding hydrogens is 1270 g/mol. The van der Waals surface area contributed by atoms with Crippen molar-refractivity contribution in [2.75, 3.05) is 26.4 Å². The van der Waals surface area contributed by atoms with Crippen LogP contribution in [0.25, 0.3) is 99.4 Å². The Morgan fingerprint density at radius 2 is 0.394 bits per heavy atom. The third-order valence-corrected chi connectivity index (χ3v) is 19.9. The Labute approximate surface area is 615 Å². The molecule has 0 heterocycles. The van der Waals surface area contributed by atoms with E-state index >= 15 is 0 Å². The van der Waals surface area contributed by atoms with Crippen LogP contribution < -0.4 is 18.9 Å². The maximum atomic E-state index is 9.42. The highest BCUT2D eigenvalue weighted by Crippen LogP contribution is 2.47. The van der Waals surface area contributed by atoms with Gasteiger partial charge < -0.3 is 18.9 Å². The van der Waals surface area contributed by atoms with Crippen molar-refractivity contribution in [1.29, 1.82) is 21.0 Å². The topological polar surface area (TPSA) is 132 Å². The lowest BCUT2D eigenvalue weighted by Gasteiger charge is -2.21. The summed E-state index contributed by atoms with van der Waals surface area (Å²) in [6.45, 7) is 2.68. The first-order valence-corrected chi connectivity index (χ1v) is 37.5. The van der Waals surface area contributed by atoms with Gasteiger partial charge in [-0.1, -0.05) is 260 Å². The van der Waals surface area contributed by atoms with E-state index in [2.05, 4.69) is 158 Å². The number of nitriles is 4. The molecule has 8 nitrogen and oxygen atoms in total. The van der Waals surface area contributed by atoms with Crippen molar-refractivity contribution < 1.29 is 18.9 Å². The maximum Gasteiger partial charge on any atom is 0.127 e. The van der Waals surface area contributed by atoms with Gasteiger partial charge in [0.1, 0.15) is 23.0 Å². The molecule has 0 aromatic heterocycles. The molecule has 0 aliphatic heterocycles. The normalized spacial score (nSPS) is 11.0. The molecule has 0 N–H and O–H groups in total. The van der Waals surface area contributed by atoms with Gasteiger partial charge in [0.05, 0.1) is 73.0 Å². The molecule has 0 bridgehead atoms. The summed E-state index contributed by atoms with van der Waals surface area (Å²) in [7, 11) is 0. The summed E-state index contributed by atoms with van der Waals surface area (Å²) >= 11 is 0. The predicted molar refractivity (Wildman–Crippen MR) is 426 cm³/mol. The molecule has 0 radical (unpaired) electrons. The molecule has 8 heteroatoms. The van der Waals surface area contributed by atoms with Crippen LogP contribution in [0.3, 0.4) is 0 Å². The molecule has 12 aromatic carbocycles. The second-order valence-electron chi connectivity index (χ2n) is 27.2. The molecule has 12 rings (SSSR count). The van der Waals surface area contributed by atoms with Gasteiger partial charge in [-0.15, -0.1) is 0 Å². The highest BCUT2D eigenvalue weighted by molar-refractivity contribution is 6.11. The Balaban J connectivity index is 0.681. The van der Waals surface area contributed by atoms with Crippen molar-refractivity contribution in [3.63, 3.8) is 0 Å². The van der Waals surface area contributed by atoms with Crippen LogP contribution in [-0.2, 0) is 0 Å². The smallest absolute Gasteiger partial charge is 0.127 e. The summed E-state index contributed by atoms with van der Waals surface area (Å²) < 4.78 is 26.2. The van der Waals surface area contributed by atoms with Crippen LogP contribution in [0, 0.1) is 45.3 Å². The van der Waals surface area contributed by atoms with Gasteiger partial charge in [0.25, 0.3) is 0 Å². The zero-order chi connectivity index (χ0) is 71.3. The van der Waals surface area contributed by atoms with Crippen molar-refractivity contribution >= 4 is 21.5 Å². The van der Waals surface area contributed by atoms with Gasteiger partial charge in [-0.3, -0.25) is 0 Å². The summed E-state index contributed by atoms with van der Waals surface area (Å²) in [5.74, 6) is 3.50. The summed E-state index contributed by atoms with van der Waals surface area (Å²) in [5, 5.41) is 41.6. The Morgan fingerprint density at radius 1 is 0.192 bits per heavy atom. The lowest BCUT2D eigenvalue weighted by Crippen LogP contribution is -2.03. The number of rotatable bonds is 37. The van der Waals surface area contributed by atoms with Crippen LogP contribution in [0.2, 0.25) is 0 Å². The first-order valence-electron chi connectivity index (χ1n) is 37.5. The third kappa shape index (κ3) is 19.9. The van der Waals surface area contributed by atoms with Gasteiger partial charge in [-0.05, 0) is 211 Å². The average Bonchev–Trinajstić information content (AvgIpc) is 0.746. The minimum Gasteiger partial charge on any atom is -0.494 e. The van der Waals surface area contributed by atoms with E-state index in [1.54, 1.807) is 0 Å². The van der Waals surface area contributed by atoms with Crippen molar-refractivity contribution in [1.82, 2.24) is 0 Å². The second kappa shape index (κ2) is 37.8. The number of hydrogen-bond acceptors (Lipinski definition) is 8. The van der Waals surface area contributed by atoms with E-state index in [9.17, 15) is 10.5 Å². The number of unbranched alkanes of at least 4 members (excludes halogenated alkanes) is 18. The summed E-state index contributed by atoms with van der Waals surface area (Å²) in [6.07, 6.45) is 23.4. The van der Waals surface area contributed by atoms with Crippen molar-refractivity contribution in [3.8, 4) is 125 Å². The fourth-order valence-electron chi connectivity index (χ4n) is 13.9. The quantitative estimate of drug-likeness (QED) is 0.0352. The fraction of sp³-hybridized carbons (Fsp3) is 0.250. The molecule has 0 fully saturated rings. The fourth-order valence-corrected chi connectivity index (χ4v) is 13.9. The van der Waals surface area contributed by atoms with E-state index in [0.29, 0.717) is 35.5 Å². The van der Waals surface area contributed by atoms with Gasteiger partial charge in [-0.25, -0.2) is 0 Å². The highest BCUT2D eigenvalue weighted by atomic mass is 16.5. The van der Waals surface area contributed by atoms with E-state index in [1.165, 1.54) is 89.9 Å². The molecule has 104 heavy (non-hydrogen) atoms. The van der Waals surface area contributed by atoms with Crippen LogP contribution in [0.4, 0.5) is 0 Å². The highest BCUT2D eigenvalue weighted by Gasteiger charge is 2.21. The van der Waals surface area contributed by atoms with E-state index in [4.69, 9.17) is 29.5 Å². The molecule has 12 aromatic rings. The average molecular weight is 1360 g/mol. The van der Waals surface area contributed by atoms with Crippen molar-refractivity contribution in [3.05, 3.63) is 277 Å².